The Morgan fingerprint density at radius 1 is 1.35 bits per heavy atom. The molecule has 0 radical (unpaired) electrons. The van der Waals surface area contributed by atoms with Gasteiger partial charge in [0.25, 0.3) is 0 Å². The van der Waals surface area contributed by atoms with Crippen molar-refractivity contribution in [1.82, 2.24) is 15.1 Å². The number of aromatic nitrogens is 2. The normalized spacial score (nSPS) is 18.4. The molecule has 0 fully saturated rings. The SMILES string of the molecule is CCNC(CCc1ccnn1C)C1Cc2ccccc21. The Morgan fingerprint density at radius 2 is 2.20 bits per heavy atom. The summed E-state index contributed by atoms with van der Waals surface area (Å²) in [7, 11) is 2.02. The third kappa shape index (κ3) is 2.50. The Morgan fingerprint density at radius 3 is 2.90 bits per heavy atom. The van der Waals surface area contributed by atoms with E-state index in [1.807, 2.05) is 17.9 Å². The van der Waals surface area contributed by atoms with Gasteiger partial charge in [-0.25, -0.2) is 0 Å². The number of rotatable bonds is 6. The average molecular weight is 269 g/mol. The van der Waals surface area contributed by atoms with E-state index in [1.54, 1.807) is 5.56 Å². The van der Waals surface area contributed by atoms with Gasteiger partial charge in [0.1, 0.15) is 0 Å². The maximum atomic E-state index is 4.25. The molecule has 0 saturated carbocycles. The average Bonchev–Trinajstić information content (AvgIpc) is 2.83. The van der Waals surface area contributed by atoms with E-state index < -0.39 is 0 Å². The van der Waals surface area contributed by atoms with Crippen LogP contribution in [-0.4, -0.2) is 22.4 Å². The molecule has 3 heteroatoms. The first-order valence-electron chi connectivity index (χ1n) is 7.57. The standard InChI is InChI=1S/C17H23N3/c1-3-18-17(9-8-14-10-11-19-20(14)2)16-12-13-6-4-5-7-15(13)16/h4-7,10-11,16-18H,3,8-9,12H2,1-2H3. The molecule has 0 amide bonds. The van der Waals surface area contributed by atoms with Gasteiger partial charge in [-0.2, -0.15) is 5.10 Å². The summed E-state index contributed by atoms with van der Waals surface area (Å²) in [5, 5.41) is 7.93. The smallest absolute Gasteiger partial charge is 0.0492 e. The Bertz CT molecular complexity index is 573. The Labute approximate surface area is 121 Å². The number of likely N-dealkylation sites (N-methyl/N-ethyl adjacent to an activating group) is 1. The molecule has 0 spiro atoms. The second-order valence-electron chi connectivity index (χ2n) is 5.66. The first-order valence-corrected chi connectivity index (χ1v) is 7.57. The molecule has 1 aliphatic rings. The molecule has 0 bridgehead atoms. The van der Waals surface area contributed by atoms with Crippen LogP contribution in [-0.2, 0) is 19.9 Å². The predicted octanol–water partition coefficient (Wildman–Crippen LogP) is 2.67. The lowest BCUT2D eigenvalue weighted by Crippen LogP contribution is -2.40. The molecule has 2 aromatic rings. The molecule has 106 valence electrons. The third-order valence-corrected chi connectivity index (χ3v) is 4.48. The molecule has 2 atom stereocenters. The van der Waals surface area contributed by atoms with Crippen LogP contribution in [0.4, 0.5) is 0 Å². The van der Waals surface area contributed by atoms with Gasteiger partial charge in [-0.05, 0) is 43.0 Å². The van der Waals surface area contributed by atoms with Gasteiger partial charge in [0.2, 0.25) is 0 Å². The molecular weight excluding hydrogens is 246 g/mol. The van der Waals surface area contributed by atoms with Crippen LogP contribution < -0.4 is 5.32 Å². The zero-order valence-electron chi connectivity index (χ0n) is 12.3. The van der Waals surface area contributed by atoms with E-state index in [9.17, 15) is 0 Å². The van der Waals surface area contributed by atoms with Crippen LogP contribution in [0.1, 0.15) is 36.1 Å². The number of hydrogen-bond acceptors (Lipinski definition) is 2. The number of hydrogen-bond donors (Lipinski definition) is 1. The lowest BCUT2D eigenvalue weighted by atomic mass is 9.72. The first-order chi connectivity index (χ1) is 9.79. The monoisotopic (exact) mass is 269 g/mol. The second-order valence-corrected chi connectivity index (χ2v) is 5.66. The molecule has 1 heterocycles. The second kappa shape index (κ2) is 5.80. The lowest BCUT2D eigenvalue weighted by molar-refractivity contribution is 0.383. The maximum absolute atomic E-state index is 4.25. The molecular formula is C17H23N3. The summed E-state index contributed by atoms with van der Waals surface area (Å²) in [6.07, 6.45) is 5.37. The Balaban J connectivity index is 1.67. The number of nitrogens with zero attached hydrogens (tertiary/aromatic N) is 2. The summed E-state index contributed by atoms with van der Waals surface area (Å²) >= 11 is 0. The van der Waals surface area contributed by atoms with Gasteiger partial charge >= 0.3 is 0 Å². The minimum Gasteiger partial charge on any atom is -0.314 e. The van der Waals surface area contributed by atoms with E-state index in [4.69, 9.17) is 0 Å². The van der Waals surface area contributed by atoms with Gasteiger partial charge in [-0.1, -0.05) is 31.2 Å². The minimum absolute atomic E-state index is 0.574. The molecule has 0 aliphatic heterocycles. The van der Waals surface area contributed by atoms with Crippen molar-refractivity contribution in [1.29, 1.82) is 0 Å². The zero-order chi connectivity index (χ0) is 13.9. The van der Waals surface area contributed by atoms with Gasteiger partial charge in [-0.3, -0.25) is 4.68 Å². The summed E-state index contributed by atoms with van der Waals surface area (Å²) in [6, 6.07) is 11.6. The van der Waals surface area contributed by atoms with Crippen molar-refractivity contribution in [3.63, 3.8) is 0 Å². The van der Waals surface area contributed by atoms with Gasteiger partial charge in [0, 0.05) is 30.9 Å². The lowest BCUT2D eigenvalue weighted by Gasteiger charge is -2.37. The topological polar surface area (TPSA) is 29.9 Å². The van der Waals surface area contributed by atoms with Crippen LogP contribution in [0.5, 0.6) is 0 Å². The number of fused-ring (bicyclic) bond motifs is 1. The van der Waals surface area contributed by atoms with Crippen LogP contribution in [0.3, 0.4) is 0 Å². The minimum atomic E-state index is 0.574. The highest BCUT2D eigenvalue weighted by atomic mass is 15.2. The van der Waals surface area contributed by atoms with Gasteiger partial charge in [0.15, 0.2) is 0 Å². The number of benzene rings is 1. The van der Waals surface area contributed by atoms with E-state index in [-0.39, 0.29) is 0 Å². The Hall–Kier alpha value is -1.61. The fourth-order valence-electron chi connectivity index (χ4n) is 3.31. The number of nitrogens with one attached hydrogen (secondary N) is 1. The molecule has 20 heavy (non-hydrogen) atoms. The van der Waals surface area contributed by atoms with Gasteiger partial charge in [0.05, 0.1) is 0 Å². The van der Waals surface area contributed by atoms with Crippen molar-refractivity contribution >= 4 is 0 Å². The van der Waals surface area contributed by atoms with E-state index in [0.717, 1.165) is 13.0 Å². The van der Waals surface area contributed by atoms with E-state index in [0.29, 0.717) is 12.0 Å². The van der Waals surface area contributed by atoms with Crippen LogP contribution in [0.15, 0.2) is 36.5 Å². The summed E-state index contributed by atoms with van der Waals surface area (Å²) in [6.45, 7) is 3.23. The van der Waals surface area contributed by atoms with Crippen LogP contribution >= 0.6 is 0 Å². The van der Waals surface area contributed by atoms with Crippen LogP contribution in [0, 0.1) is 0 Å². The fraction of sp³-hybridized carbons (Fsp3) is 0.471. The van der Waals surface area contributed by atoms with E-state index >= 15 is 0 Å². The largest absolute Gasteiger partial charge is 0.314 e. The van der Waals surface area contributed by atoms with E-state index in [2.05, 4.69) is 47.7 Å². The summed E-state index contributed by atoms with van der Waals surface area (Å²) in [5.41, 5.74) is 4.39. The van der Waals surface area contributed by atoms with Crippen molar-refractivity contribution in [2.24, 2.45) is 7.05 Å². The molecule has 1 aromatic carbocycles. The quantitative estimate of drug-likeness (QED) is 0.874. The van der Waals surface area contributed by atoms with Crippen molar-refractivity contribution < 1.29 is 0 Å². The zero-order valence-corrected chi connectivity index (χ0v) is 12.3. The maximum Gasteiger partial charge on any atom is 0.0492 e. The highest BCUT2D eigenvalue weighted by Gasteiger charge is 2.31. The van der Waals surface area contributed by atoms with Gasteiger partial charge in [-0.15, -0.1) is 0 Å². The fourth-order valence-corrected chi connectivity index (χ4v) is 3.31. The van der Waals surface area contributed by atoms with Crippen molar-refractivity contribution in [2.75, 3.05) is 6.54 Å². The molecule has 3 nitrogen and oxygen atoms in total. The summed E-state index contributed by atoms with van der Waals surface area (Å²) in [4.78, 5) is 0. The molecule has 1 aromatic heterocycles. The van der Waals surface area contributed by atoms with Gasteiger partial charge < -0.3 is 5.32 Å². The van der Waals surface area contributed by atoms with Crippen molar-refractivity contribution in [3.05, 3.63) is 53.3 Å². The van der Waals surface area contributed by atoms with Crippen molar-refractivity contribution in [2.45, 2.75) is 38.1 Å². The molecule has 1 aliphatic carbocycles. The molecule has 2 unspecified atom stereocenters. The molecule has 0 saturated heterocycles. The summed E-state index contributed by atoms with van der Waals surface area (Å²) in [5.74, 6) is 0.680. The highest BCUT2D eigenvalue weighted by molar-refractivity contribution is 5.41. The third-order valence-electron chi connectivity index (χ3n) is 4.48. The summed E-state index contributed by atoms with van der Waals surface area (Å²) < 4.78 is 1.98. The number of aryl methyl sites for hydroxylation is 2. The van der Waals surface area contributed by atoms with Crippen LogP contribution in [0.25, 0.3) is 0 Å². The van der Waals surface area contributed by atoms with E-state index in [1.165, 1.54) is 24.1 Å². The highest BCUT2D eigenvalue weighted by Crippen LogP contribution is 2.38. The molecule has 1 N–H and O–H groups in total. The Kier molecular flexibility index (Phi) is 3.88. The molecule has 3 rings (SSSR count). The predicted molar refractivity (Wildman–Crippen MR) is 81.9 cm³/mol. The van der Waals surface area contributed by atoms with Crippen LogP contribution in [0.2, 0.25) is 0 Å². The first kappa shape index (κ1) is 13.4. The van der Waals surface area contributed by atoms with Crippen molar-refractivity contribution in [3.8, 4) is 0 Å².